The number of carbonyl (C=O) groups excluding carboxylic acids is 1. The van der Waals surface area contributed by atoms with Crippen LogP contribution in [0.1, 0.15) is 67.2 Å². The van der Waals surface area contributed by atoms with E-state index in [1.165, 1.54) is 0 Å². The van der Waals surface area contributed by atoms with E-state index in [0.717, 1.165) is 54.2 Å². The number of fused-ring (bicyclic) bond motifs is 1. The summed E-state index contributed by atoms with van der Waals surface area (Å²) in [6.07, 6.45) is 5.76. The van der Waals surface area contributed by atoms with Gasteiger partial charge in [-0.2, -0.15) is 5.10 Å². The fourth-order valence-corrected chi connectivity index (χ4v) is 4.04. The van der Waals surface area contributed by atoms with E-state index in [9.17, 15) is 4.79 Å². The number of aromatic nitrogens is 4. The smallest absolute Gasteiger partial charge is 0.223 e. The zero-order valence-electron chi connectivity index (χ0n) is 19.4. The molecule has 0 saturated heterocycles. The molecule has 0 unspecified atom stereocenters. The van der Waals surface area contributed by atoms with Gasteiger partial charge in [-0.15, -0.1) is 0 Å². The molecule has 168 valence electrons. The zero-order chi connectivity index (χ0) is 22.1. The van der Waals surface area contributed by atoms with E-state index in [1.807, 2.05) is 10.9 Å². The lowest BCUT2D eigenvalue weighted by Gasteiger charge is -2.15. The molecule has 0 aromatic carbocycles. The van der Waals surface area contributed by atoms with Gasteiger partial charge in [0, 0.05) is 24.3 Å². The van der Waals surface area contributed by atoms with Gasteiger partial charge >= 0.3 is 0 Å². The van der Waals surface area contributed by atoms with Crippen LogP contribution in [0.2, 0.25) is 0 Å². The minimum absolute atomic E-state index is 0.109. The second kappa shape index (κ2) is 12.1. The van der Waals surface area contributed by atoms with Crippen molar-refractivity contribution in [1.29, 1.82) is 0 Å². The summed E-state index contributed by atoms with van der Waals surface area (Å²) < 4.78 is 1.87. The van der Waals surface area contributed by atoms with Crippen molar-refractivity contribution in [3.63, 3.8) is 0 Å². The number of thioether (sulfide) groups is 1. The van der Waals surface area contributed by atoms with E-state index in [-0.39, 0.29) is 11.8 Å². The number of hydrogen-bond acceptors (Lipinski definition) is 6. The van der Waals surface area contributed by atoms with Gasteiger partial charge in [-0.3, -0.25) is 4.79 Å². The number of nitrogens with one attached hydrogen (secondary N) is 2. The van der Waals surface area contributed by atoms with Gasteiger partial charge in [0.25, 0.3) is 0 Å². The van der Waals surface area contributed by atoms with Crippen LogP contribution in [0.25, 0.3) is 11.0 Å². The summed E-state index contributed by atoms with van der Waals surface area (Å²) >= 11 is 1.64. The molecule has 2 aromatic rings. The van der Waals surface area contributed by atoms with Crippen molar-refractivity contribution in [1.82, 2.24) is 25.1 Å². The maximum absolute atomic E-state index is 12.5. The predicted octanol–water partition coefficient (Wildman–Crippen LogP) is 4.73. The standard InChI is InChI=1S/C22H38N6OS/c1-7-9-17(10-8-2)21(29)23-11-12-28-20-18(14-25-28)19(24-13-15(3)4)26-22(27-20)30-16(5)6/h14-17H,7-13H2,1-6H3,(H,23,29)(H,24,26,27). The molecular weight excluding hydrogens is 396 g/mol. The third kappa shape index (κ3) is 7.15. The van der Waals surface area contributed by atoms with Gasteiger partial charge < -0.3 is 10.6 Å². The SMILES string of the molecule is CCCC(CCC)C(=O)NCCn1ncc2c(NCC(C)C)nc(SC(C)C)nc21. The van der Waals surface area contributed by atoms with E-state index in [1.54, 1.807) is 11.8 Å². The van der Waals surface area contributed by atoms with Gasteiger partial charge in [0.1, 0.15) is 5.82 Å². The zero-order valence-corrected chi connectivity index (χ0v) is 20.2. The summed E-state index contributed by atoms with van der Waals surface area (Å²) in [5, 5.41) is 13.1. The summed E-state index contributed by atoms with van der Waals surface area (Å²) in [6, 6.07) is 0. The Morgan fingerprint density at radius 3 is 2.43 bits per heavy atom. The molecule has 0 radical (unpaired) electrons. The number of hydrogen-bond donors (Lipinski definition) is 2. The van der Waals surface area contributed by atoms with Crippen LogP contribution in [0, 0.1) is 11.8 Å². The average molecular weight is 435 g/mol. The van der Waals surface area contributed by atoms with E-state index in [4.69, 9.17) is 9.97 Å². The van der Waals surface area contributed by atoms with Crippen molar-refractivity contribution in [2.75, 3.05) is 18.4 Å². The third-order valence-corrected chi connectivity index (χ3v) is 5.63. The van der Waals surface area contributed by atoms with Crippen LogP contribution in [0.15, 0.2) is 11.4 Å². The molecule has 7 nitrogen and oxygen atoms in total. The lowest BCUT2D eigenvalue weighted by molar-refractivity contribution is -0.125. The van der Waals surface area contributed by atoms with Crippen molar-refractivity contribution < 1.29 is 4.79 Å². The first-order chi connectivity index (χ1) is 14.3. The summed E-state index contributed by atoms with van der Waals surface area (Å²) in [5.74, 6) is 1.61. The van der Waals surface area contributed by atoms with Crippen LogP contribution >= 0.6 is 11.8 Å². The highest BCUT2D eigenvalue weighted by Crippen LogP contribution is 2.26. The minimum atomic E-state index is 0.109. The van der Waals surface area contributed by atoms with E-state index in [2.05, 4.69) is 57.3 Å². The van der Waals surface area contributed by atoms with Crippen LogP contribution in [-0.2, 0) is 11.3 Å². The molecule has 0 bridgehead atoms. The van der Waals surface area contributed by atoms with Gasteiger partial charge in [-0.05, 0) is 18.8 Å². The van der Waals surface area contributed by atoms with Gasteiger partial charge in [0.2, 0.25) is 5.91 Å². The summed E-state index contributed by atoms with van der Waals surface area (Å²) in [4.78, 5) is 22.0. The molecule has 0 fully saturated rings. The molecule has 0 aliphatic carbocycles. The molecule has 1 amide bonds. The van der Waals surface area contributed by atoms with Crippen LogP contribution in [0.5, 0.6) is 0 Å². The number of amides is 1. The largest absolute Gasteiger partial charge is 0.369 e. The molecule has 0 saturated carbocycles. The number of rotatable bonds is 13. The quantitative estimate of drug-likeness (QED) is 0.350. The lowest BCUT2D eigenvalue weighted by Crippen LogP contribution is -2.33. The monoisotopic (exact) mass is 434 g/mol. The maximum Gasteiger partial charge on any atom is 0.223 e. The van der Waals surface area contributed by atoms with E-state index in [0.29, 0.717) is 24.3 Å². The first kappa shape index (κ1) is 24.4. The number of anilines is 1. The van der Waals surface area contributed by atoms with Gasteiger partial charge in [-0.25, -0.2) is 14.6 Å². The van der Waals surface area contributed by atoms with E-state index < -0.39 is 0 Å². The highest BCUT2D eigenvalue weighted by Gasteiger charge is 2.17. The normalized spacial score (nSPS) is 11.8. The average Bonchev–Trinajstić information content (AvgIpc) is 3.08. The Morgan fingerprint density at radius 1 is 1.13 bits per heavy atom. The summed E-state index contributed by atoms with van der Waals surface area (Å²) in [5.41, 5.74) is 0.812. The number of nitrogens with zero attached hydrogens (tertiary/aromatic N) is 4. The fraction of sp³-hybridized carbons (Fsp3) is 0.727. The Labute approximate surface area is 185 Å². The highest BCUT2D eigenvalue weighted by molar-refractivity contribution is 7.99. The fourth-order valence-electron chi connectivity index (χ4n) is 3.33. The van der Waals surface area contributed by atoms with Crippen molar-refractivity contribution in [2.45, 2.75) is 84.2 Å². The Hall–Kier alpha value is -1.83. The topological polar surface area (TPSA) is 84.7 Å². The molecule has 2 aromatic heterocycles. The van der Waals surface area contributed by atoms with Crippen molar-refractivity contribution >= 4 is 34.5 Å². The van der Waals surface area contributed by atoms with Crippen molar-refractivity contribution in [3.8, 4) is 0 Å². The Kier molecular flexibility index (Phi) is 9.88. The predicted molar refractivity (Wildman–Crippen MR) is 126 cm³/mol. The van der Waals surface area contributed by atoms with Crippen LogP contribution in [-0.4, -0.2) is 44.0 Å². The first-order valence-corrected chi connectivity index (χ1v) is 12.1. The van der Waals surface area contributed by atoms with Gasteiger partial charge in [-0.1, -0.05) is 66.1 Å². The molecule has 0 atom stereocenters. The first-order valence-electron chi connectivity index (χ1n) is 11.3. The van der Waals surface area contributed by atoms with Crippen LogP contribution in [0.3, 0.4) is 0 Å². The van der Waals surface area contributed by atoms with Crippen molar-refractivity contribution in [3.05, 3.63) is 6.20 Å². The molecule has 2 heterocycles. The Morgan fingerprint density at radius 2 is 1.83 bits per heavy atom. The maximum atomic E-state index is 12.5. The van der Waals surface area contributed by atoms with Gasteiger partial charge in [0.05, 0.1) is 18.1 Å². The van der Waals surface area contributed by atoms with Crippen LogP contribution in [0.4, 0.5) is 5.82 Å². The molecule has 8 heteroatoms. The molecule has 0 aliphatic rings. The molecule has 2 rings (SSSR count). The summed E-state index contributed by atoms with van der Waals surface area (Å²) in [6.45, 7) is 14.8. The lowest BCUT2D eigenvalue weighted by atomic mass is 9.97. The van der Waals surface area contributed by atoms with E-state index >= 15 is 0 Å². The number of carbonyl (C=O) groups is 1. The third-order valence-electron chi connectivity index (χ3n) is 4.76. The highest BCUT2D eigenvalue weighted by atomic mass is 32.2. The summed E-state index contributed by atoms with van der Waals surface area (Å²) in [7, 11) is 0. The Balaban J connectivity index is 2.15. The molecular formula is C22H38N6OS. The molecule has 30 heavy (non-hydrogen) atoms. The minimum Gasteiger partial charge on any atom is -0.369 e. The van der Waals surface area contributed by atoms with Gasteiger partial charge in [0.15, 0.2) is 10.8 Å². The molecule has 0 spiro atoms. The second-order valence-electron chi connectivity index (χ2n) is 8.47. The van der Waals surface area contributed by atoms with Crippen LogP contribution < -0.4 is 10.6 Å². The molecule has 2 N–H and O–H groups in total. The van der Waals surface area contributed by atoms with Crippen molar-refractivity contribution in [2.24, 2.45) is 11.8 Å². The Bertz CT molecular complexity index is 798. The molecule has 0 aliphatic heterocycles. The second-order valence-corrected chi connectivity index (χ2v) is 10.0.